The molecule has 0 saturated carbocycles. The van der Waals surface area contributed by atoms with Gasteiger partial charge in [-0.1, -0.05) is 74.4 Å². The summed E-state index contributed by atoms with van der Waals surface area (Å²) < 4.78 is 6.48. The maximum atomic E-state index is 10.4. The zero-order chi connectivity index (χ0) is 30.2. The van der Waals surface area contributed by atoms with E-state index in [0.29, 0.717) is 5.56 Å². The number of rotatable bonds is 3. The van der Waals surface area contributed by atoms with Crippen molar-refractivity contribution in [1.82, 2.24) is 0 Å². The lowest BCUT2D eigenvalue weighted by Gasteiger charge is -2.32. The Balaban J connectivity index is 1.35. The Hall–Kier alpha value is -5.25. The summed E-state index contributed by atoms with van der Waals surface area (Å²) in [5.74, 6) is 3.07. The highest BCUT2D eigenvalue weighted by molar-refractivity contribution is 6.09. The Bertz CT molecular complexity index is 2190. The molecule has 0 saturated heterocycles. The molecule has 0 amide bonds. The molecule has 3 aromatic carbocycles. The number of terminal acetylenes is 1. The monoisotopic (exact) mass is 568 g/mol. The first kappa shape index (κ1) is 26.4. The fourth-order valence-electron chi connectivity index (χ4n) is 7.92. The highest BCUT2D eigenvalue weighted by Crippen LogP contribution is 2.52. The Morgan fingerprint density at radius 3 is 2.70 bits per heavy atom. The van der Waals surface area contributed by atoms with Crippen LogP contribution in [-0.2, 0) is 5.41 Å². The minimum absolute atomic E-state index is 0.0291. The SMILES string of the molecule is C#CC1=C(/C=C\C)N(c2cccc(C#N)c2-c2ccc3oc4cc5c(cc4c3c2)C2=C(C=CCC2)C5(C)C)C2C=CC=CC12. The van der Waals surface area contributed by atoms with Gasteiger partial charge in [-0.3, -0.25) is 0 Å². The topological polar surface area (TPSA) is 40.2 Å². The molecule has 1 aromatic heterocycles. The van der Waals surface area contributed by atoms with E-state index < -0.39 is 0 Å². The minimum Gasteiger partial charge on any atom is -0.456 e. The summed E-state index contributed by atoms with van der Waals surface area (Å²) in [6, 6.07) is 19.4. The highest BCUT2D eigenvalue weighted by Gasteiger charge is 2.40. The van der Waals surface area contributed by atoms with Gasteiger partial charge in [0.1, 0.15) is 11.2 Å². The van der Waals surface area contributed by atoms with E-state index in [4.69, 9.17) is 10.8 Å². The van der Waals surface area contributed by atoms with Gasteiger partial charge in [-0.25, -0.2) is 0 Å². The molecule has 0 radical (unpaired) electrons. The first-order chi connectivity index (χ1) is 21.5. The molecule has 3 nitrogen and oxygen atoms in total. The molecule has 2 heterocycles. The molecule has 4 aromatic rings. The van der Waals surface area contributed by atoms with Gasteiger partial charge in [-0.2, -0.15) is 5.26 Å². The van der Waals surface area contributed by atoms with Gasteiger partial charge < -0.3 is 9.32 Å². The van der Waals surface area contributed by atoms with Crippen LogP contribution in [0.25, 0.3) is 38.6 Å². The van der Waals surface area contributed by atoms with E-state index >= 15 is 0 Å². The van der Waals surface area contributed by atoms with Crippen LogP contribution in [0.4, 0.5) is 5.69 Å². The van der Waals surface area contributed by atoms with Crippen molar-refractivity contribution >= 4 is 33.2 Å². The number of fused-ring (bicyclic) bond motifs is 6. The lowest BCUT2D eigenvalue weighted by Crippen LogP contribution is -2.33. The lowest BCUT2D eigenvalue weighted by molar-refractivity contribution is 0.641. The predicted octanol–water partition coefficient (Wildman–Crippen LogP) is 9.91. The van der Waals surface area contributed by atoms with Crippen molar-refractivity contribution in [2.24, 2.45) is 5.92 Å². The van der Waals surface area contributed by atoms with E-state index in [0.717, 1.165) is 62.9 Å². The number of nitriles is 1. The first-order valence-electron chi connectivity index (χ1n) is 15.4. The number of benzene rings is 3. The Morgan fingerprint density at radius 1 is 1.05 bits per heavy atom. The third-order valence-electron chi connectivity index (χ3n) is 9.92. The van der Waals surface area contributed by atoms with Gasteiger partial charge in [0, 0.05) is 33.2 Å². The van der Waals surface area contributed by atoms with Gasteiger partial charge in [-0.05, 0) is 90.1 Å². The zero-order valence-electron chi connectivity index (χ0n) is 25.2. The van der Waals surface area contributed by atoms with Crippen molar-refractivity contribution in [3.8, 4) is 29.5 Å². The largest absolute Gasteiger partial charge is 0.456 e. The van der Waals surface area contributed by atoms with Crippen molar-refractivity contribution in [2.75, 3.05) is 4.90 Å². The molecule has 0 spiro atoms. The standard InChI is InChI=1S/C41H32N2O/c1-5-12-35-27(6-2)29-15-8-10-17-36(29)43(35)37-18-11-13-26(24-42)40(37)25-19-20-38-31(21-25)32-22-30-28-14-7-9-16-33(28)41(3,4)34(30)23-39(32)44-38/h2,5,8-13,15-23,29,36H,7,14H2,1,3-4H3/b12-5-. The first-order valence-corrected chi connectivity index (χ1v) is 15.4. The van der Waals surface area contributed by atoms with Gasteiger partial charge >= 0.3 is 0 Å². The van der Waals surface area contributed by atoms with Gasteiger partial charge in [-0.15, -0.1) is 6.42 Å². The van der Waals surface area contributed by atoms with Gasteiger partial charge in [0.15, 0.2) is 0 Å². The highest BCUT2D eigenvalue weighted by atomic mass is 16.3. The molecule has 212 valence electrons. The molecule has 4 aliphatic rings. The van der Waals surface area contributed by atoms with E-state index in [1.165, 1.54) is 22.3 Å². The van der Waals surface area contributed by atoms with Crippen molar-refractivity contribution in [3.05, 3.63) is 131 Å². The van der Waals surface area contributed by atoms with Gasteiger partial charge in [0.25, 0.3) is 0 Å². The molecular formula is C41H32N2O. The molecule has 0 N–H and O–H groups in total. The van der Waals surface area contributed by atoms with Crippen molar-refractivity contribution in [1.29, 1.82) is 5.26 Å². The van der Waals surface area contributed by atoms with Crippen molar-refractivity contribution < 1.29 is 4.42 Å². The van der Waals surface area contributed by atoms with E-state index in [9.17, 15) is 5.26 Å². The molecule has 3 aliphatic carbocycles. The molecule has 3 heteroatoms. The van der Waals surface area contributed by atoms with Crippen LogP contribution in [0.1, 0.15) is 50.3 Å². The maximum absolute atomic E-state index is 10.4. The summed E-state index contributed by atoms with van der Waals surface area (Å²) in [6.45, 7) is 6.65. The summed E-state index contributed by atoms with van der Waals surface area (Å²) in [7, 11) is 0. The number of nitrogens with zero attached hydrogens (tertiary/aromatic N) is 2. The molecule has 0 fully saturated rings. The average Bonchev–Trinajstić information content (AvgIpc) is 3.64. The predicted molar refractivity (Wildman–Crippen MR) is 181 cm³/mol. The summed E-state index contributed by atoms with van der Waals surface area (Å²) in [5.41, 5.74) is 12.7. The van der Waals surface area contributed by atoms with Crippen LogP contribution < -0.4 is 4.90 Å². The second-order valence-electron chi connectivity index (χ2n) is 12.6. The number of hydrogen-bond acceptors (Lipinski definition) is 3. The third-order valence-corrected chi connectivity index (χ3v) is 9.92. The lowest BCUT2D eigenvalue weighted by atomic mass is 9.80. The van der Waals surface area contributed by atoms with Crippen LogP contribution in [0.2, 0.25) is 0 Å². The molecule has 8 rings (SSSR count). The molecule has 44 heavy (non-hydrogen) atoms. The Labute approximate surface area is 258 Å². The number of hydrogen-bond donors (Lipinski definition) is 0. The molecule has 2 unspecified atom stereocenters. The smallest absolute Gasteiger partial charge is 0.135 e. The zero-order valence-corrected chi connectivity index (χ0v) is 25.2. The van der Waals surface area contributed by atoms with E-state index in [1.807, 2.05) is 25.1 Å². The fraction of sp³-hybridized carbons (Fsp3) is 0.195. The quantitative estimate of drug-likeness (QED) is 0.231. The van der Waals surface area contributed by atoms with Crippen LogP contribution in [0.5, 0.6) is 0 Å². The molecule has 2 atom stereocenters. The van der Waals surface area contributed by atoms with Gasteiger partial charge in [0.2, 0.25) is 0 Å². The summed E-state index contributed by atoms with van der Waals surface area (Å²) in [5, 5.41) is 12.5. The summed E-state index contributed by atoms with van der Waals surface area (Å²) in [4.78, 5) is 2.31. The van der Waals surface area contributed by atoms with Crippen LogP contribution in [0.3, 0.4) is 0 Å². The average molecular weight is 569 g/mol. The second kappa shape index (κ2) is 9.63. The van der Waals surface area contributed by atoms with E-state index in [1.54, 1.807) is 0 Å². The van der Waals surface area contributed by atoms with Gasteiger partial charge in [0.05, 0.1) is 29.1 Å². The normalized spacial score (nSPS) is 21.3. The number of furan rings is 1. The number of allylic oxidation sites excluding steroid dienone is 8. The van der Waals surface area contributed by atoms with Crippen LogP contribution in [0.15, 0.2) is 118 Å². The molecule has 1 aliphatic heterocycles. The third kappa shape index (κ3) is 3.57. The summed E-state index contributed by atoms with van der Waals surface area (Å²) in [6.07, 6.45) is 25.5. The molecule has 0 bridgehead atoms. The minimum atomic E-state index is -0.0493. The Morgan fingerprint density at radius 2 is 1.89 bits per heavy atom. The van der Waals surface area contributed by atoms with E-state index in [2.05, 4.69) is 110 Å². The van der Waals surface area contributed by atoms with Crippen LogP contribution in [-0.4, -0.2) is 6.04 Å². The fourth-order valence-corrected chi connectivity index (χ4v) is 7.92. The van der Waals surface area contributed by atoms with Crippen molar-refractivity contribution in [3.63, 3.8) is 0 Å². The second-order valence-corrected chi connectivity index (χ2v) is 12.6. The summed E-state index contributed by atoms with van der Waals surface area (Å²) >= 11 is 0. The van der Waals surface area contributed by atoms with Crippen LogP contribution >= 0.6 is 0 Å². The van der Waals surface area contributed by atoms with E-state index in [-0.39, 0.29) is 17.4 Å². The molecular weight excluding hydrogens is 536 g/mol. The number of anilines is 1. The van der Waals surface area contributed by atoms with Crippen molar-refractivity contribution in [2.45, 2.75) is 45.1 Å². The maximum Gasteiger partial charge on any atom is 0.135 e. The van der Waals surface area contributed by atoms with Crippen LogP contribution in [0, 0.1) is 29.6 Å². The Kier molecular flexibility index (Phi) is 5.78.